The standard InChI is InChI=1S/C23H28N2O2/c1-24-22(26)21(19-8-4-3-5-9-19)16-23(24)11-13-25(14-12-23)17-18-7-6-10-20(15-18)27-2/h3-10,15,21H,11-14,16-17H2,1-2H3. The average molecular weight is 364 g/mol. The molecule has 2 aromatic rings. The second-order valence-corrected chi connectivity index (χ2v) is 7.92. The summed E-state index contributed by atoms with van der Waals surface area (Å²) >= 11 is 0. The van der Waals surface area contributed by atoms with Crippen molar-refractivity contribution in [3.05, 3.63) is 65.7 Å². The quantitative estimate of drug-likeness (QED) is 0.830. The summed E-state index contributed by atoms with van der Waals surface area (Å²) in [6.07, 6.45) is 3.03. The molecule has 142 valence electrons. The van der Waals surface area contributed by atoms with Crippen LogP contribution < -0.4 is 4.74 Å². The Morgan fingerprint density at radius 1 is 1.07 bits per heavy atom. The minimum absolute atomic E-state index is 0.0149. The number of carbonyl (C=O) groups excluding carboxylic acids is 1. The number of likely N-dealkylation sites (N-methyl/N-ethyl adjacent to an activating group) is 1. The Morgan fingerprint density at radius 3 is 2.52 bits per heavy atom. The molecule has 2 saturated heterocycles. The number of hydrogen-bond acceptors (Lipinski definition) is 3. The average Bonchev–Trinajstić information content (AvgIpc) is 2.96. The van der Waals surface area contributed by atoms with Gasteiger partial charge in [0.05, 0.1) is 13.0 Å². The number of nitrogens with zero attached hydrogens (tertiary/aromatic N) is 2. The lowest BCUT2D eigenvalue weighted by molar-refractivity contribution is -0.131. The molecule has 2 aliphatic rings. The molecule has 2 aromatic carbocycles. The molecule has 1 spiro atoms. The Hall–Kier alpha value is -2.33. The lowest BCUT2D eigenvalue weighted by Gasteiger charge is -2.43. The van der Waals surface area contributed by atoms with Gasteiger partial charge < -0.3 is 9.64 Å². The van der Waals surface area contributed by atoms with Crippen LogP contribution in [0.15, 0.2) is 54.6 Å². The molecule has 4 heteroatoms. The zero-order chi connectivity index (χ0) is 18.9. The highest BCUT2D eigenvalue weighted by atomic mass is 16.5. The topological polar surface area (TPSA) is 32.8 Å². The minimum atomic E-state index is 0.0149. The summed E-state index contributed by atoms with van der Waals surface area (Å²) < 4.78 is 5.34. The summed E-state index contributed by atoms with van der Waals surface area (Å²) in [5.74, 6) is 1.20. The van der Waals surface area contributed by atoms with Crippen LogP contribution in [0.5, 0.6) is 5.75 Å². The van der Waals surface area contributed by atoms with Crippen LogP contribution in [0.4, 0.5) is 0 Å². The second-order valence-electron chi connectivity index (χ2n) is 7.92. The molecule has 1 amide bonds. The molecule has 1 unspecified atom stereocenters. The van der Waals surface area contributed by atoms with Crippen molar-refractivity contribution in [2.24, 2.45) is 0 Å². The fourth-order valence-electron chi connectivity index (χ4n) is 4.71. The van der Waals surface area contributed by atoms with Crippen molar-refractivity contribution in [1.29, 1.82) is 0 Å². The van der Waals surface area contributed by atoms with Crippen LogP contribution in [-0.2, 0) is 11.3 Å². The van der Waals surface area contributed by atoms with E-state index in [0.29, 0.717) is 0 Å². The molecule has 0 N–H and O–H groups in total. The third kappa shape index (κ3) is 3.46. The summed E-state index contributed by atoms with van der Waals surface area (Å²) in [6, 6.07) is 18.6. The van der Waals surface area contributed by atoms with E-state index in [9.17, 15) is 4.79 Å². The first-order valence-corrected chi connectivity index (χ1v) is 9.79. The molecule has 0 saturated carbocycles. The number of methoxy groups -OCH3 is 1. The van der Waals surface area contributed by atoms with Crippen molar-refractivity contribution in [1.82, 2.24) is 9.80 Å². The van der Waals surface area contributed by atoms with E-state index in [0.717, 1.165) is 50.2 Å². The molecule has 0 aliphatic carbocycles. The predicted octanol–water partition coefficient (Wildman–Crippen LogP) is 3.68. The van der Waals surface area contributed by atoms with Gasteiger partial charge in [0.2, 0.25) is 5.91 Å². The number of ether oxygens (including phenoxy) is 1. The van der Waals surface area contributed by atoms with E-state index in [1.165, 1.54) is 5.56 Å². The Kier molecular flexibility index (Phi) is 4.92. The minimum Gasteiger partial charge on any atom is -0.497 e. The van der Waals surface area contributed by atoms with Gasteiger partial charge >= 0.3 is 0 Å². The van der Waals surface area contributed by atoms with E-state index in [1.54, 1.807) is 7.11 Å². The van der Waals surface area contributed by atoms with Crippen molar-refractivity contribution in [2.75, 3.05) is 27.2 Å². The monoisotopic (exact) mass is 364 g/mol. The summed E-state index contributed by atoms with van der Waals surface area (Å²) in [6.45, 7) is 2.99. The van der Waals surface area contributed by atoms with Crippen LogP contribution in [0.25, 0.3) is 0 Å². The Balaban J connectivity index is 1.42. The van der Waals surface area contributed by atoms with Gasteiger partial charge in [-0.2, -0.15) is 0 Å². The fraction of sp³-hybridized carbons (Fsp3) is 0.435. The van der Waals surface area contributed by atoms with Gasteiger partial charge in [0.25, 0.3) is 0 Å². The summed E-state index contributed by atoms with van der Waals surface area (Å²) in [4.78, 5) is 17.5. The highest BCUT2D eigenvalue weighted by Gasteiger charge is 2.50. The number of rotatable bonds is 4. The number of benzene rings is 2. The van der Waals surface area contributed by atoms with E-state index in [-0.39, 0.29) is 17.4 Å². The first kappa shape index (κ1) is 18.1. The van der Waals surface area contributed by atoms with Gasteiger partial charge in [-0.15, -0.1) is 0 Å². The predicted molar refractivity (Wildman–Crippen MR) is 107 cm³/mol. The lowest BCUT2D eigenvalue weighted by atomic mass is 9.81. The molecular formula is C23H28N2O2. The molecule has 4 rings (SSSR count). The van der Waals surface area contributed by atoms with E-state index < -0.39 is 0 Å². The first-order chi connectivity index (χ1) is 13.1. The molecule has 4 nitrogen and oxygen atoms in total. The van der Waals surface area contributed by atoms with Crippen molar-refractivity contribution in [3.8, 4) is 5.75 Å². The second kappa shape index (κ2) is 7.35. The number of amides is 1. The fourth-order valence-corrected chi connectivity index (χ4v) is 4.71. The maximum absolute atomic E-state index is 12.9. The molecule has 2 fully saturated rings. The van der Waals surface area contributed by atoms with Gasteiger partial charge in [-0.3, -0.25) is 9.69 Å². The van der Waals surface area contributed by atoms with E-state index in [1.807, 2.05) is 42.3 Å². The molecule has 0 bridgehead atoms. The van der Waals surface area contributed by atoms with Crippen LogP contribution in [-0.4, -0.2) is 48.5 Å². The Morgan fingerprint density at radius 2 is 1.81 bits per heavy atom. The lowest BCUT2D eigenvalue weighted by Crippen LogP contribution is -2.51. The SMILES string of the molecule is COc1cccc(CN2CCC3(CC2)CC(c2ccccc2)C(=O)N3C)c1. The molecule has 2 aliphatic heterocycles. The molecule has 2 heterocycles. The zero-order valence-corrected chi connectivity index (χ0v) is 16.2. The third-order valence-electron chi connectivity index (χ3n) is 6.45. The van der Waals surface area contributed by atoms with Crippen LogP contribution >= 0.6 is 0 Å². The maximum atomic E-state index is 12.9. The first-order valence-electron chi connectivity index (χ1n) is 9.79. The van der Waals surface area contributed by atoms with Crippen LogP contribution in [0.1, 0.15) is 36.3 Å². The van der Waals surface area contributed by atoms with E-state index in [2.05, 4.69) is 29.2 Å². The van der Waals surface area contributed by atoms with Gasteiger partial charge in [-0.1, -0.05) is 42.5 Å². The Labute approximate surface area is 161 Å². The zero-order valence-electron chi connectivity index (χ0n) is 16.2. The van der Waals surface area contributed by atoms with Crippen molar-refractivity contribution in [2.45, 2.75) is 37.3 Å². The molecule has 27 heavy (non-hydrogen) atoms. The van der Waals surface area contributed by atoms with E-state index >= 15 is 0 Å². The maximum Gasteiger partial charge on any atom is 0.230 e. The highest BCUT2D eigenvalue weighted by Crippen LogP contribution is 2.44. The number of carbonyl (C=O) groups is 1. The smallest absolute Gasteiger partial charge is 0.230 e. The van der Waals surface area contributed by atoms with E-state index in [4.69, 9.17) is 4.74 Å². The van der Waals surface area contributed by atoms with Crippen LogP contribution in [0.2, 0.25) is 0 Å². The molecule has 1 atom stereocenters. The van der Waals surface area contributed by atoms with Gasteiger partial charge in [0, 0.05) is 32.2 Å². The summed E-state index contributed by atoms with van der Waals surface area (Å²) in [5, 5.41) is 0. The van der Waals surface area contributed by atoms with Crippen molar-refractivity contribution in [3.63, 3.8) is 0 Å². The summed E-state index contributed by atoms with van der Waals surface area (Å²) in [7, 11) is 3.71. The van der Waals surface area contributed by atoms with Crippen LogP contribution in [0.3, 0.4) is 0 Å². The normalized spacial score (nSPS) is 22.4. The van der Waals surface area contributed by atoms with Crippen molar-refractivity contribution >= 4 is 5.91 Å². The number of likely N-dealkylation sites (tertiary alicyclic amines) is 2. The van der Waals surface area contributed by atoms with Crippen molar-refractivity contribution < 1.29 is 9.53 Å². The number of piperidine rings is 1. The summed E-state index contributed by atoms with van der Waals surface area (Å²) in [5.41, 5.74) is 2.45. The molecule has 0 radical (unpaired) electrons. The van der Waals surface area contributed by atoms with Gasteiger partial charge in [-0.05, 0) is 42.5 Å². The van der Waals surface area contributed by atoms with Crippen LogP contribution in [0, 0.1) is 0 Å². The molecular weight excluding hydrogens is 336 g/mol. The third-order valence-corrected chi connectivity index (χ3v) is 6.45. The highest BCUT2D eigenvalue weighted by molar-refractivity contribution is 5.87. The van der Waals surface area contributed by atoms with Gasteiger partial charge in [0.15, 0.2) is 0 Å². The number of hydrogen-bond donors (Lipinski definition) is 0. The van der Waals surface area contributed by atoms with Gasteiger partial charge in [0.1, 0.15) is 5.75 Å². The molecule has 0 aromatic heterocycles. The largest absolute Gasteiger partial charge is 0.497 e. The van der Waals surface area contributed by atoms with Gasteiger partial charge in [-0.25, -0.2) is 0 Å². The Bertz CT molecular complexity index is 797.